The van der Waals surface area contributed by atoms with Gasteiger partial charge in [-0.15, -0.1) is 0 Å². The third-order valence-electron chi connectivity index (χ3n) is 3.70. The Hall–Kier alpha value is -0.160. The van der Waals surface area contributed by atoms with Crippen molar-refractivity contribution in [1.82, 2.24) is 5.32 Å². The van der Waals surface area contributed by atoms with Gasteiger partial charge >= 0.3 is 0 Å². The Bertz CT molecular complexity index is 245. The Morgan fingerprint density at radius 2 is 2.12 bits per heavy atom. The first-order valence-corrected chi connectivity index (χ1v) is 6.79. The van der Waals surface area contributed by atoms with Crippen LogP contribution in [0.25, 0.3) is 0 Å². The van der Waals surface area contributed by atoms with Gasteiger partial charge in [-0.3, -0.25) is 0 Å². The minimum absolute atomic E-state index is 0.299. The molecule has 2 saturated heterocycles. The summed E-state index contributed by atoms with van der Waals surface area (Å²) in [6.07, 6.45) is 5.74. The van der Waals surface area contributed by atoms with Gasteiger partial charge in [0.25, 0.3) is 0 Å². The number of piperidine rings is 1. The predicted octanol–water partition coefficient (Wildman–Crippen LogP) is 1.42. The maximum atomic E-state index is 8.78. The van der Waals surface area contributed by atoms with Crippen LogP contribution in [-0.2, 0) is 9.47 Å². The van der Waals surface area contributed by atoms with Gasteiger partial charge in [0.05, 0.1) is 18.8 Å². The van der Waals surface area contributed by atoms with E-state index in [2.05, 4.69) is 5.32 Å². The number of hydrogen-bond acceptors (Lipinski definition) is 4. The van der Waals surface area contributed by atoms with Crippen molar-refractivity contribution in [1.29, 1.82) is 0 Å². The van der Waals surface area contributed by atoms with Crippen LogP contribution in [0.3, 0.4) is 0 Å². The highest BCUT2D eigenvalue weighted by molar-refractivity contribution is 4.90. The Kier molecular flexibility index (Phi) is 4.42. The van der Waals surface area contributed by atoms with Crippen molar-refractivity contribution in [2.45, 2.75) is 69.9 Å². The summed E-state index contributed by atoms with van der Waals surface area (Å²) in [5.41, 5.74) is 0. The minimum atomic E-state index is -0.424. The molecule has 2 heterocycles. The summed E-state index contributed by atoms with van der Waals surface area (Å²) in [6.45, 7) is 5.01. The van der Waals surface area contributed by atoms with Crippen LogP contribution in [0.4, 0.5) is 0 Å². The number of aliphatic hydroxyl groups excluding tert-OH is 1. The van der Waals surface area contributed by atoms with Gasteiger partial charge < -0.3 is 19.9 Å². The molecule has 17 heavy (non-hydrogen) atoms. The van der Waals surface area contributed by atoms with Crippen molar-refractivity contribution in [2.75, 3.05) is 13.2 Å². The van der Waals surface area contributed by atoms with Crippen LogP contribution in [0.1, 0.15) is 46.0 Å². The molecule has 0 spiro atoms. The molecule has 0 saturated carbocycles. The van der Waals surface area contributed by atoms with E-state index >= 15 is 0 Å². The maximum absolute atomic E-state index is 8.78. The normalized spacial score (nSPS) is 36.5. The van der Waals surface area contributed by atoms with E-state index in [1.807, 2.05) is 13.8 Å². The summed E-state index contributed by atoms with van der Waals surface area (Å²) < 4.78 is 11.6. The first-order valence-electron chi connectivity index (χ1n) is 6.79. The third-order valence-corrected chi connectivity index (χ3v) is 3.70. The van der Waals surface area contributed by atoms with Crippen LogP contribution in [-0.4, -0.2) is 42.3 Å². The molecule has 2 aliphatic heterocycles. The summed E-state index contributed by atoms with van der Waals surface area (Å²) in [5.74, 6) is -0.424. The van der Waals surface area contributed by atoms with Crippen molar-refractivity contribution in [2.24, 2.45) is 0 Å². The monoisotopic (exact) mass is 243 g/mol. The molecule has 2 fully saturated rings. The third kappa shape index (κ3) is 3.65. The Morgan fingerprint density at radius 3 is 2.88 bits per heavy atom. The number of ether oxygens (including phenoxy) is 2. The zero-order valence-electron chi connectivity index (χ0n) is 10.9. The topological polar surface area (TPSA) is 50.7 Å². The van der Waals surface area contributed by atoms with Crippen LogP contribution in [0, 0.1) is 0 Å². The van der Waals surface area contributed by atoms with Gasteiger partial charge in [0.15, 0.2) is 5.79 Å². The molecule has 0 unspecified atom stereocenters. The quantitative estimate of drug-likeness (QED) is 0.733. The van der Waals surface area contributed by atoms with Crippen LogP contribution in [0.15, 0.2) is 0 Å². The molecule has 0 aliphatic carbocycles. The zero-order valence-corrected chi connectivity index (χ0v) is 10.9. The van der Waals surface area contributed by atoms with E-state index < -0.39 is 5.79 Å². The molecule has 2 aliphatic rings. The van der Waals surface area contributed by atoms with Gasteiger partial charge in [0, 0.05) is 12.6 Å². The summed E-state index contributed by atoms with van der Waals surface area (Å²) in [6, 6.07) is 0.909. The summed E-state index contributed by atoms with van der Waals surface area (Å²) in [4.78, 5) is 0. The smallest absolute Gasteiger partial charge is 0.163 e. The minimum Gasteiger partial charge on any atom is -0.396 e. The fourth-order valence-electron chi connectivity index (χ4n) is 2.78. The van der Waals surface area contributed by atoms with E-state index in [1.165, 1.54) is 6.42 Å². The molecule has 4 heteroatoms. The lowest BCUT2D eigenvalue weighted by atomic mass is 9.92. The second-order valence-corrected chi connectivity index (χ2v) is 5.63. The summed E-state index contributed by atoms with van der Waals surface area (Å²) >= 11 is 0. The van der Waals surface area contributed by atoms with E-state index in [-0.39, 0.29) is 0 Å². The van der Waals surface area contributed by atoms with Crippen molar-refractivity contribution in [3.8, 4) is 0 Å². The van der Waals surface area contributed by atoms with E-state index in [1.54, 1.807) is 0 Å². The van der Waals surface area contributed by atoms with Crippen LogP contribution in [0.2, 0.25) is 0 Å². The van der Waals surface area contributed by atoms with E-state index in [9.17, 15) is 0 Å². The van der Waals surface area contributed by atoms with E-state index in [4.69, 9.17) is 14.6 Å². The molecule has 3 atom stereocenters. The van der Waals surface area contributed by atoms with Gasteiger partial charge in [-0.25, -0.2) is 0 Å². The lowest BCUT2D eigenvalue weighted by molar-refractivity contribution is -0.288. The number of fused-ring (bicyclic) bond motifs is 1. The number of aliphatic hydroxyl groups is 1. The molecular formula is C13H25NO3. The fraction of sp³-hybridized carbons (Fsp3) is 1.00. The molecule has 0 amide bonds. The predicted molar refractivity (Wildman–Crippen MR) is 65.8 cm³/mol. The average molecular weight is 243 g/mol. The lowest BCUT2D eigenvalue weighted by Gasteiger charge is -2.46. The van der Waals surface area contributed by atoms with Gasteiger partial charge in [-0.1, -0.05) is 0 Å². The largest absolute Gasteiger partial charge is 0.396 e. The van der Waals surface area contributed by atoms with Crippen LogP contribution >= 0.6 is 0 Å². The van der Waals surface area contributed by atoms with Gasteiger partial charge in [-0.2, -0.15) is 0 Å². The van der Waals surface area contributed by atoms with Crippen molar-refractivity contribution in [3.05, 3.63) is 0 Å². The Balaban J connectivity index is 1.77. The molecule has 100 valence electrons. The van der Waals surface area contributed by atoms with Gasteiger partial charge in [-0.05, 0) is 46.0 Å². The summed E-state index contributed by atoms with van der Waals surface area (Å²) in [7, 11) is 0. The molecule has 0 aromatic carbocycles. The number of hydrogen-bond donors (Lipinski definition) is 2. The van der Waals surface area contributed by atoms with E-state index in [0.717, 1.165) is 32.3 Å². The highest BCUT2D eigenvalue weighted by Crippen LogP contribution is 2.29. The molecule has 2 rings (SSSR count). The highest BCUT2D eigenvalue weighted by Gasteiger charge is 2.39. The van der Waals surface area contributed by atoms with E-state index in [0.29, 0.717) is 24.8 Å². The number of unbranched alkanes of at least 4 members (excludes halogenated alkanes) is 1. The SMILES string of the molecule is CC1(C)OC[C@@H]2N[C@@H](CCCCO)CC[C@H]2O1. The lowest BCUT2D eigenvalue weighted by Crippen LogP contribution is -2.59. The molecular weight excluding hydrogens is 218 g/mol. The number of rotatable bonds is 4. The first kappa shape index (κ1) is 13.3. The van der Waals surface area contributed by atoms with Crippen LogP contribution < -0.4 is 5.32 Å². The average Bonchev–Trinajstić information content (AvgIpc) is 2.29. The van der Waals surface area contributed by atoms with Gasteiger partial charge in [0.1, 0.15) is 0 Å². The Morgan fingerprint density at radius 1 is 1.29 bits per heavy atom. The Labute approximate surface area is 104 Å². The summed E-state index contributed by atoms with van der Waals surface area (Å²) in [5, 5.41) is 12.4. The molecule has 0 radical (unpaired) electrons. The molecule has 0 bridgehead atoms. The number of nitrogens with one attached hydrogen (secondary N) is 1. The van der Waals surface area contributed by atoms with Crippen LogP contribution in [0.5, 0.6) is 0 Å². The van der Waals surface area contributed by atoms with Crippen molar-refractivity contribution < 1.29 is 14.6 Å². The maximum Gasteiger partial charge on any atom is 0.163 e. The molecule has 0 aromatic heterocycles. The first-order chi connectivity index (χ1) is 8.11. The second-order valence-electron chi connectivity index (χ2n) is 5.63. The zero-order chi connectivity index (χ0) is 12.3. The molecule has 2 N–H and O–H groups in total. The van der Waals surface area contributed by atoms with Gasteiger partial charge in [0.2, 0.25) is 0 Å². The van der Waals surface area contributed by atoms with Crippen molar-refractivity contribution in [3.63, 3.8) is 0 Å². The molecule has 0 aromatic rings. The molecule has 4 nitrogen and oxygen atoms in total. The highest BCUT2D eigenvalue weighted by atomic mass is 16.7. The van der Waals surface area contributed by atoms with Crippen molar-refractivity contribution >= 4 is 0 Å². The standard InChI is InChI=1S/C13H25NO3/c1-13(2)16-9-11-12(17-13)7-6-10(14-11)5-3-4-8-15/h10-12,14-15H,3-9H2,1-2H3/t10-,11-,12+/m0/s1. The second kappa shape index (κ2) is 5.65. The fourth-order valence-corrected chi connectivity index (χ4v) is 2.78.